The van der Waals surface area contributed by atoms with E-state index in [1.54, 1.807) is 7.11 Å². The van der Waals surface area contributed by atoms with E-state index in [0.29, 0.717) is 11.7 Å². The third-order valence-corrected chi connectivity index (χ3v) is 4.33. The number of aromatic nitrogens is 3. The molecule has 2 aromatic carbocycles. The highest BCUT2D eigenvalue weighted by Gasteiger charge is 2.09. The fraction of sp³-hybridized carbons (Fsp3) is 0.200. The second kappa shape index (κ2) is 6.81. The Morgan fingerprint density at radius 1 is 1.04 bits per heavy atom. The SMILES string of the molecule is COc1ccc(-c2noc(CCCc3c[nH]c4ccccc34)n2)cc1. The molecule has 0 bridgehead atoms. The normalized spacial score (nSPS) is 11.1. The maximum atomic E-state index is 5.38. The summed E-state index contributed by atoms with van der Waals surface area (Å²) in [6.45, 7) is 0. The zero-order chi connectivity index (χ0) is 17.1. The molecule has 0 aliphatic heterocycles. The maximum Gasteiger partial charge on any atom is 0.226 e. The standard InChI is InChI=1S/C20H19N3O2/c1-24-16-11-9-14(10-12-16)20-22-19(25-23-20)8-4-5-15-13-21-18-7-3-2-6-17(15)18/h2-3,6-7,9-13,21H,4-5,8H2,1H3. The van der Waals surface area contributed by atoms with Gasteiger partial charge < -0.3 is 14.2 Å². The molecule has 0 saturated heterocycles. The molecular formula is C20H19N3O2. The van der Waals surface area contributed by atoms with Gasteiger partial charge in [-0.3, -0.25) is 0 Å². The molecular weight excluding hydrogens is 314 g/mol. The van der Waals surface area contributed by atoms with Crippen LogP contribution in [0.2, 0.25) is 0 Å². The van der Waals surface area contributed by atoms with Gasteiger partial charge in [0.05, 0.1) is 7.11 Å². The number of nitrogens with zero attached hydrogens (tertiary/aromatic N) is 2. The molecule has 25 heavy (non-hydrogen) atoms. The second-order valence-electron chi connectivity index (χ2n) is 5.95. The topological polar surface area (TPSA) is 63.9 Å². The molecule has 0 radical (unpaired) electrons. The summed E-state index contributed by atoms with van der Waals surface area (Å²) >= 11 is 0. The predicted molar refractivity (Wildman–Crippen MR) is 96.6 cm³/mol. The molecule has 5 heteroatoms. The zero-order valence-corrected chi connectivity index (χ0v) is 14.0. The number of fused-ring (bicyclic) bond motifs is 1. The highest BCUT2D eigenvalue weighted by Crippen LogP contribution is 2.21. The van der Waals surface area contributed by atoms with Crippen LogP contribution in [0.15, 0.2) is 59.3 Å². The van der Waals surface area contributed by atoms with Crippen molar-refractivity contribution in [3.8, 4) is 17.1 Å². The number of rotatable bonds is 6. The Morgan fingerprint density at radius 2 is 1.88 bits per heavy atom. The van der Waals surface area contributed by atoms with Crippen LogP contribution in [0.25, 0.3) is 22.3 Å². The first-order valence-corrected chi connectivity index (χ1v) is 8.35. The van der Waals surface area contributed by atoms with Gasteiger partial charge in [0.2, 0.25) is 11.7 Å². The van der Waals surface area contributed by atoms with Crippen LogP contribution in [-0.4, -0.2) is 22.2 Å². The van der Waals surface area contributed by atoms with Crippen LogP contribution in [0, 0.1) is 0 Å². The molecule has 0 aliphatic carbocycles. The molecule has 4 aromatic rings. The summed E-state index contributed by atoms with van der Waals surface area (Å²) in [5.41, 5.74) is 3.43. The minimum atomic E-state index is 0.616. The van der Waals surface area contributed by atoms with Crippen molar-refractivity contribution >= 4 is 10.9 Å². The van der Waals surface area contributed by atoms with Crippen molar-refractivity contribution in [2.45, 2.75) is 19.3 Å². The van der Waals surface area contributed by atoms with Crippen molar-refractivity contribution in [3.63, 3.8) is 0 Å². The smallest absolute Gasteiger partial charge is 0.226 e. The van der Waals surface area contributed by atoms with Crippen LogP contribution in [-0.2, 0) is 12.8 Å². The van der Waals surface area contributed by atoms with Crippen LogP contribution in [0.5, 0.6) is 5.75 Å². The predicted octanol–water partition coefficient (Wildman–Crippen LogP) is 4.40. The highest BCUT2D eigenvalue weighted by molar-refractivity contribution is 5.83. The van der Waals surface area contributed by atoms with Crippen LogP contribution in [0.4, 0.5) is 0 Å². The first-order valence-electron chi connectivity index (χ1n) is 8.35. The molecule has 4 rings (SSSR count). The van der Waals surface area contributed by atoms with Gasteiger partial charge in [-0.15, -0.1) is 0 Å². The van der Waals surface area contributed by atoms with Crippen molar-refractivity contribution in [1.29, 1.82) is 0 Å². The molecule has 1 N–H and O–H groups in total. The molecule has 0 saturated carbocycles. The quantitative estimate of drug-likeness (QED) is 0.568. The van der Waals surface area contributed by atoms with E-state index in [9.17, 15) is 0 Å². The number of H-pyrrole nitrogens is 1. The van der Waals surface area contributed by atoms with Crippen LogP contribution < -0.4 is 4.74 Å². The van der Waals surface area contributed by atoms with E-state index in [1.165, 1.54) is 16.5 Å². The lowest BCUT2D eigenvalue weighted by Gasteiger charge is -1.99. The summed E-state index contributed by atoms with van der Waals surface area (Å²) in [5, 5.41) is 5.36. The fourth-order valence-electron chi connectivity index (χ4n) is 2.98. The second-order valence-corrected chi connectivity index (χ2v) is 5.95. The van der Waals surface area contributed by atoms with E-state index >= 15 is 0 Å². The van der Waals surface area contributed by atoms with E-state index in [-0.39, 0.29) is 0 Å². The summed E-state index contributed by atoms with van der Waals surface area (Å²) in [6.07, 6.45) is 4.79. The third kappa shape index (κ3) is 3.26. The fourth-order valence-corrected chi connectivity index (χ4v) is 2.98. The first-order chi connectivity index (χ1) is 12.3. The molecule has 0 amide bonds. The summed E-state index contributed by atoms with van der Waals surface area (Å²) in [4.78, 5) is 7.80. The Balaban J connectivity index is 1.39. The van der Waals surface area contributed by atoms with Crippen molar-refractivity contribution in [2.24, 2.45) is 0 Å². The van der Waals surface area contributed by atoms with Crippen molar-refractivity contribution in [2.75, 3.05) is 7.11 Å². The number of aryl methyl sites for hydroxylation is 2. The van der Waals surface area contributed by atoms with Crippen LogP contribution >= 0.6 is 0 Å². The van der Waals surface area contributed by atoms with E-state index in [1.807, 2.05) is 30.3 Å². The van der Waals surface area contributed by atoms with Crippen LogP contribution in [0.3, 0.4) is 0 Å². The van der Waals surface area contributed by atoms with Gasteiger partial charge in [-0.25, -0.2) is 0 Å². The monoisotopic (exact) mass is 333 g/mol. The average molecular weight is 333 g/mol. The molecule has 5 nitrogen and oxygen atoms in total. The van der Waals surface area contributed by atoms with Gasteiger partial charge in [-0.05, 0) is 48.7 Å². The Kier molecular flexibility index (Phi) is 4.21. The third-order valence-electron chi connectivity index (χ3n) is 4.33. The van der Waals surface area contributed by atoms with Crippen molar-refractivity contribution in [3.05, 3.63) is 66.2 Å². The van der Waals surface area contributed by atoms with Gasteiger partial charge in [-0.2, -0.15) is 4.98 Å². The highest BCUT2D eigenvalue weighted by atomic mass is 16.5. The Hall–Kier alpha value is -3.08. The van der Waals surface area contributed by atoms with Gasteiger partial charge in [0.25, 0.3) is 0 Å². The molecule has 126 valence electrons. The van der Waals surface area contributed by atoms with E-state index in [2.05, 4.69) is 39.5 Å². The Bertz CT molecular complexity index is 970. The lowest BCUT2D eigenvalue weighted by Crippen LogP contribution is -1.90. The molecule has 2 aromatic heterocycles. The number of hydrogen-bond acceptors (Lipinski definition) is 4. The van der Waals surface area contributed by atoms with Gasteiger partial charge in [-0.1, -0.05) is 23.4 Å². The molecule has 0 atom stereocenters. The summed E-state index contributed by atoms with van der Waals surface area (Å²) in [5.74, 6) is 2.10. The number of hydrogen-bond donors (Lipinski definition) is 1. The minimum absolute atomic E-state index is 0.616. The average Bonchev–Trinajstić information content (AvgIpc) is 3.30. The van der Waals surface area contributed by atoms with E-state index in [0.717, 1.165) is 30.6 Å². The molecule has 2 heterocycles. The van der Waals surface area contributed by atoms with E-state index < -0.39 is 0 Å². The van der Waals surface area contributed by atoms with Crippen LogP contribution in [0.1, 0.15) is 17.9 Å². The minimum Gasteiger partial charge on any atom is -0.497 e. The number of nitrogens with one attached hydrogen (secondary N) is 1. The number of ether oxygens (including phenoxy) is 1. The van der Waals surface area contributed by atoms with Crippen molar-refractivity contribution < 1.29 is 9.26 Å². The largest absolute Gasteiger partial charge is 0.497 e. The van der Waals surface area contributed by atoms with Gasteiger partial charge in [0.1, 0.15) is 5.75 Å². The summed E-state index contributed by atoms with van der Waals surface area (Å²) < 4.78 is 10.5. The number of aromatic amines is 1. The lowest BCUT2D eigenvalue weighted by atomic mass is 10.1. The van der Waals surface area contributed by atoms with E-state index in [4.69, 9.17) is 9.26 Å². The number of benzene rings is 2. The summed E-state index contributed by atoms with van der Waals surface area (Å²) in [6, 6.07) is 16.0. The maximum absolute atomic E-state index is 5.38. The number of methoxy groups -OCH3 is 1. The molecule has 0 spiro atoms. The Morgan fingerprint density at radius 3 is 2.72 bits per heavy atom. The number of para-hydroxylation sites is 1. The molecule has 0 unspecified atom stereocenters. The first kappa shape index (κ1) is 15.4. The molecule has 0 fully saturated rings. The van der Waals surface area contributed by atoms with Gasteiger partial charge >= 0.3 is 0 Å². The molecule has 0 aliphatic rings. The zero-order valence-electron chi connectivity index (χ0n) is 14.0. The summed E-state index contributed by atoms with van der Waals surface area (Å²) in [7, 11) is 1.65. The van der Waals surface area contributed by atoms with Gasteiger partial charge in [0, 0.05) is 29.1 Å². The van der Waals surface area contributed by atoms with Gasteiger partial charge in [0.15, 0.2) is 0 Å². The lowest BCUT2D eigenvalue weighted by molar-refractivity contribution is 0.376. The van der Waals surface area contributed by atoms with Crippen molar-refractivity contribution in [1.82, 2.24) is 15.1 Å². The Labute approximate surface area is 145 Å².